The molecular formula is C20H18N2O4. The van der Waals surface area contributed by atoms with Gasteiger partial charge in [0.15, 0.2) is 6.61 Å². The quantitative estimate of drug-likeness (QED) is 0.615. The van der Waals surface area contributed by atoms with Gasteiger partial charge in [-0.3, -0.25) is 4.79 Å². The molecule has 0 aliphatic carbocycles. The Labute approximate surface area is 151 Å². The Bertz CT molecular complexity index is 893. The van der Waals surface area contributed by atoms with Crippen LogP contribution in [0.2, 0.25) is 0 Å². The van der Waals surface area contributed by atoms with E-state index < -0.39 is 18.5 Å². The monoisotopic (exact) mass is 350 g/mol. The van der Waals surface area contributed by atoms with Gasteiger partial charge >= 0.3 is 5.97 Å². The molecule has 0 saturated heterocycles. The number of nitrogens with zero attached hydrogens (tertiary/aromatic N) is 1. The van der Waals surface area contributed by atoms with Gasteiger partial charge in [-0.1, -0.05) is 18.2 Å². The van der Waals surface area contributed by atoms with Crippen molar-refractivity contribution < 1.29 is 19.4 Å². The summed E-state index contributed by atoms with van der Waals surface area (Å²) in [5.41, 5.74) is 3.37. The zero-order valence-electron chi connectivity index (χ0n) is 14.4. The van der Waals surface area contributed by atoms with E-state index in [0.29, 0.717) is 17.0 Å². The van der Waals surface area contributed by atoms with E-state index in [0.717, 1.165) is 11.1 Å². The lowest BCUT2D eigenvalue weighted by atomic mass is 10.1. The summed E-state index contributed by atoms with van der Waals surface area (Å²) in [6.45, 7) is 3.49. The van der Waals surface area contributed by atoms with Gasteiger partial charge in [0.05, 0.1) is 0 Å². The van der Waals surface area contributed by atoms with Crippen molar-refractivity contribution in [2.75, 3.05) is 11.9 Å². The van der Waals surface area contributed by atoms with Gasteiger partial charge in [0.2, 0.25) is 0 Å². The third-order valence-corrected chi connectivity index (χ3v) is 3.68. The molecule has 6 heteroatoms. The van der Waals surface area contributed by atoms with Gasteiger partial charge in [0, 0.05) is 5.69 Å². The second-order valence-electron chi connectivity index (χ2n) is 5.67. The summed E-state index contributed by atoms with van der Waals surface area (Å²) in [4.78, 5) is 22.8. The maximum Gasteiger partial charge on any atom is 0.341 e. The van der Waals surface area contributed by atoms with Crippen molar-refractivity contribution in [1.82, 2.24) is 0 Å². The SMILES string of the molecule is Cc1ccc(NC(=O)C(C#N)=Cc2ccc(OCC(=O)O)cc2)cc1C. The minimum absolute atomic E-state index is 0.0394. The maximum atomic E-state index is 12.3. The maximum absolute atomic E-state index is 12.3. The van der Waals surface area contributed by atoms with Crippen LogP contribution in [0, 0.1) is 25.2 Å². The lowest BCUT2D eigenvalue weighted by Gasteiger charge is -2.07. The number of nitriles is 1. The second kappa shape index (κ2) is 8.49. The highest BCUT2D eigenvalue weighted by atomic mass is 16.5. The molecule has 0 aromatic heterocycles. The Kier molecular flexibility index (Phi) is 6.12. The van der Waals surface area contributed by atoms with E-state index in [4.69, 9.17) is 9.84 Å². The van der Waals surface area contributed by atoms with E-state index in [1.54, 1.807) is 30.3 Å². The van der Waals surface area contributed by atoms with Gasteiger partial charge in [-0.25, -0.2) is 4.79 Å². The van der Waals surface area contributed by atoms with Crippen molar-refractivity contribution in [1.29, 1.82) is 5.26 Å². The smallest absolute Gasteiger partial charge is 0.341 e. The van der Waals surface area contributed by atoms with Crippen molar-refractivity contribution >= 4 is 23.6 Å². The molecule has 0 aliphatic rings. The first-order chi connectivity index (χ1) is 12.4. The number of anilines is 1. The van der Waals surface area contributed by atoms with Crippen molar-refractivity contribution in [3.8, 4) is 11.8 Å². The highest BCUT2D eigenvalue weighted by Gasteiger charge is 2.10. The van der Waals surface area contributed by atoms with Gasteiger partial charge in [-0.15, -0.1) is 0 Å². The molecule has 0 atom stereocenters. The molecule has 0 radical (unpaired) electrons. The van der Waals surface area contributed by atoms with Crippen molar-refractivity contribution in [2.45, 2.75) is 13.8 Å². The van der Waals surface area contributed by atoms with Crippen LogP contribution >= 0.6 is 0 Å². The van der Waals surface area contributed by atoms with E-state index in [-0.39, 0.29) is 5.57 Å². The Morgan fingerprint density at radius 2 is 1.85 bits per heavy atom. The predicted octanol–water partition coefficient (Wildman–Crippen LogP) is 3.31. The van der Waals surface area contributed by atoms with Crippen molar-refractivity contribution in [3.63, 3.8) is 0 Å². The van der Waals surface area contributed by atoms with Crippen molar-refractivity contribution in [3.05, 3.63) is 64.7 Å². The molecule has 0 aliphatic heterocycles. The summed E-state index contributed by atoms with van der Waals surface area (Å²) in [7, 11) is 0. The number of aliphatic carboxylic acids is 1. The van der Waals surface area contributed by atoms with Gasteiger partial charge in [0.1, 0.15) is 17.4 Å². The number of nitrogens with one attached hydrogen (secondary N) is 1. The van der Waals surface area contributed by atoms with E-state index in [1.807, 2.05) is 32.0 Å². The molecule has 2 N–H and O–H groups in total. The lowest BCUT2D eigenvalue weighted by Crippen LogP contribution is -2.13. The fourth-order valence-corrected chi connectivity index (χ4v) is 2.14. The van der Waals surface area contributed by atoms with Crippen LogP contribution in [0.1, 0.15) is 16.7 Å². The number of carboxylic acid groups (broad SMARTS) is 1. The number of aryl methyl sites for hydroxylation is 2. The van der Waals surface area contributed by atoms with E-state index in [2.05, 4.69) is 5.32 Å². The topological polar surface area (TPSA) is 99.4 Å². The first kappa shape index (κ1) is 18.7. The minimum atomic E-state index is -1.07. The first-order valence-corrected chi connectivity index (χ1v) is 7.84. The average Bonchev–Trinajstić information content (AvgIpc) is 2.61. The number of carbonyl (C=O) groups is 2. The van der Waals surface area contributed by atoms with E-state index in [9.17, 15) is 14.9 Å². The molecule has 0 bridgehead atoms. The Balaban J connectivity index is 2.11. The average molecular weight is 350 g/mol. The molecule has 26 heavy (non-hydrogen) atoms. The number of benzene rings is 2. The number of hydrogen-bond donors (Lipinski definition) is 2. The number of hydrogen-bond acceptors (Lipinski definition) is 4. The summed E-state index contributed by atoms with van der Waals surface area (Å²) >= 11 is 0. The van der Waals surface area contributed by atoms with Crippen LogP contribution in [0.25, 0.3) is 6.08 Å². The summed E-state index contributed by atoms with van der Waals surface area (Å²) in [5, 5.41) is 20.6. The normalized spacial score (nSPS) is 10.7. The molecule has 0 saturated carbocycles. The van der Waals surface area contributed by atoms with E-state index >= 15 is 0 Å². The molecule has 0 fully saturated rings. The van der Waals surface area contributed by atoms with Crippen LogP contribution in [0.5, 0.6) is 5.75 Å². The lowest BCUT2D eigenvalue weighted by molar-refractivity contribution is -0.139. The molecule has 6 nitrogen and oxygen atoms in total. The second-order valence-corrected chi connectivity index (χ2v) is 5.67. The molecule has 132 valence electrons. The van der Waals surface area contributed by atoms with Crippen LogP contribution in [0.3, 0.4) is 0 Å². The third kappa shape index (κ3) is 5.21. The van der Waals surface area contributed by atoms with Crippen LogP contribution < -0.4 is 10.1 Å². The van der Waals surface area contributed by atoms with Gasteiger partial charge in [-0.2, -0.15) is 5.26 Å². The summed E-state index contributed by atoms with van der Waals surface area (Å²) < 4.78 is 5.04. The van der Waals surface area contributed by atoms with Crippen molar-refractivity contribution in [2.24, 2.45) is 0 Å². The van der Waals surface area contributed by atoms with Gasteiger partial charge in [-0.05, 0) is 60.9 Å². The van der Waals surface area contributed by atoms with Crippen LogP contribution in [-0.2, 0) is 9.59 Å². The summed E-state index contributed by atoms with van der Waals surface area (Å²) in [6, 6.07) is 13.8. The minimum Gasteiger partial charge on any atom is -0.482 e. The molecule has 0 spiro atoms. The number of amides is 1. The molecule has 1 amide bonds. The molecule has 0 heterocycles. The molecule has 2 rings (SSSR count). The van der Waals surface area contributed by atoms with Crippen LogP contribution in [0.4, 0.5) is 5.69 Å². The number of carbonyl (C=O) groups excluding carboxylic acids is 1. The Hall–Kier alpha value is -3.59. The fraction of sp³-hybridized carbons (Fsp3) is 0.150. The van der Waals surface area contributed by atoms with Gasteiger partial charge < -0.3 is 15.2 Å². The number of ether oxygens (including phenoxy) is 1. The molecule has 2 aromatic rings. The zero-order chi connectivity index (χ0) is 19.1. The summed E-state index contributed by atoms with van der Waals surface area (Å²) in [6.07, 6.45) is 1.46. The highest BCUT2D eigenvalue weighted by Crippen LogP contribution is 2.17. The third-order valence-electron chi connectivity index (χ3n) is 3.68. The number of rotatable bonds is 6. The Morgan fingerprint density at radius 3 is 2.42 bits per heavy atom. The zero-order valence-corrected chi connectivity index (χ0v) is 14.4. The fourth-order valence-electron chi connectivity index (χ4n) is 2.14. The predicted molar refractivity (Wildman–Crippen MR) is 97.7 cm³/mol. The Morgan fingerprint density at radius 1 is 1.15 bits per heavy atom. The van der Waals surface area contributed by atoms with E-state index in [1.165, 1.54) is 6.08 Å². The number of carboxylic acids is 1. The van der Waals surface area contributed by atoms with Crippen LogP contribution in [-0.4, -0.2) is 23.6 Å². The first-order valence-electron chi connectivity index (χ1n) is 7.84. The van der Waals surface area contributed by atoms with Crippen LogP contribution in [0.15, 0.2) is 48.0 Å². The molecule has 0 unspecified atom stereocenters. The standard InChI is InChI=1S/C20H18N2O4/c1-13-3-6-17(9-14(13)2)22-20(25)16(11-21)10-15-4-7-18(8-5-15)26-12-19(23)24/h3-10H,12H2,1-2H3,(H,22,25)(H,23,24). The molecule has 2 aromatic carbocycles. The highest BCUT2D eigenvalue weighted by molar-refractivity contribution is 6.09. The van der Waals surface area contributed by atoms with Gasteiger partial charge in [0.25, 0.3) is 5.91 Å². The largest absolute Gasteiger partial charge is 0.482 e. The summed E-state index contributed by atoms with van der Waals surface area (Å²) in [5.74, 6) is -1.17. The molecular weight excluding hydrogens is 332 g/mol.